The molecule has 0 radical (unpaired) electrons. The van der Waals surface area contributed by atoms with Gasteiger partial charge in [0, 0.05) is 18.1 Å². The van der Waals surface area contributed by atoms with Crippen LogP contribution in [-0.2, 0) is 26.2 Å². The van der Waals surface area contributed by atoms with Crippen molar-refractivity contribution in [2.75, 3.05) is 24.5 Å². The monoisotopic (exact) mass is 605 g/mol. The number of hydrogen-bond acceptors (Lipinski definition) is 5. The number of halogens is 2. The third-order valence-corrected chi connectivity index (χ3v) is 8.11. The molecule has 8 nitrogen and oxygen atoms in total. The van der Waals surface area contributed by atoms with E-state index in [1.807, 2.05) is 19.1 Å². The van der Waals surface area contributed by atoms with E-state index in [1.54, 1.807) is 19.1 Å². The number of carbonyl (C=O) groups excluding carboxylic acids is 2. The van der Waals surface area contributed by atoms with Gasteiger partial charge in [-0.05, 0) is 80.1 Å². The predicted octanol–water partition coefficient (Wildman–Crippen LogP) is 4.35. The topological polar surface area (TPSA) is 96.0 Å². The molecule has 0 heterocycles. The van der Waals surface area contributed by atoms with E-state index >= 15 is 0 Å². The lowest BCUT2D eigenvalue weighted by molar-refractivity contribution is -0.139. The molecule has 1 atom stereocenters. The minimum Gasteiger partial charge on any atom is -0.494 e. The molecule has 3 aromatic carbocycles. The van der Waals surface area contributed by atoms with Crippen molar-refractivity contribution in [2.24, 2.45) is 0 Å². The first kappa shape index (κ1) is 29.1. The zero-order chi connectivity index (χ0) is 27.9. The molecule has 38 heavy (non-hydrogen) atoms. The highest BCUT2D eigenvalue weighted by Crippen LogP contribution is 2.26. The van der Waals surface area contributed by atoms with Gasteiger partial charge in [-0.1, -0.05) is 28.1 Å². The first-order valence-electron chi connectivity index (χ1n) is 11.8. The summed E-state index contributed by atoms with van der Waals surface area (Å²) >= 11 is 3.37. The van der Waals surface area contributed by atoms with Crippen LogP contribution >= 0.6 is 15.9 Å². The molecular formula is C27H29BrFN3O5S. The molecule has 0 aromatic heterocycles. The van der Waals surface area contributed by atoms with Crippen molar-refractivity contribution in [3.63, 3.8) is 0 Å². The maximum absolute atomic E-state index is 13.7. The molecule has 0 saturated carbocycles. The number of amides is 2. The maximum Gasteiger partial charge on any atom is 0.264 e. The number of hydrogen-bond donors (Lipinski definition) is 1. The fraction of sp³-hybridized carbons (Fsp3) is 0.259. The van der Waals surface area contributed by atoms with Gasteiger partial charge >= 0.3 is 0 Å². The number of benzene rings is 3. The van der Waals surface area contributed by atoms with Crippen LogP contribution in [0.5, 0.6) is 5.75 Å². The van der Waals surface area contributed by atoms with Crippen LogP contribution in [0.1, 0.15) is 19.4 Å². The fourth-order valence-corrected chi connectivity index (χ4v) is 5.39. The Morgan fingerprint density at radius 2 is 1.61 bits per heavy atom. The standard InChI is InChI=1S/C27H29BrFN3O5S/c1-4-37-24-13-15-25(16-14-24)38(35,36)32(23-11-9-22(29)10-12-23)18-26(33)31(19(2)27(34)30-3)17-20-5-7-21(28)8-6-20/h5-16,19H,4,17-18H2,1-3H3,(H,30,34)/t19-/m0/s1. The van der Waals surface area contributed by atoms with E-state index < -0.39 is 40.2 Å². The quantitative estimate of drug-likeness (QED) is 0.351. The fourth-order valence-electron chi connectivity index (χ4n) is 3.72. The second-order valence-corrected chi connectivity index (χ2v) is 11.1. The number of nitrogens with one attached hydrogen (secondary N) is 1. The summed E-state index contributed by atoms with van der Waals surface area (Å²) in [5, 5.41) is 2.53. The van der Waals surface area contributed by atoms with Gasteiger partial charge in [0.25, 0.3) is 10.0 Å². The summed E-state index contributed by atoms with van der Waals surface area (Å²) in [7, 11) is -2.80. The third kappa shape index (κ3) is 7.11. The lowest BCUT2D eigenvalue weighted by atomic mass is 10.1. The van der Waals surface area contributed by atoms with Crippen LogP contribution in [0.15, 0.2) is 82.2 Å². The summed E-state index contributed by atoms with van der Waals surface area (Å²) in [6.45, 7) is 3.26. The summed E-state index contributed by atoms with van der Waals surface area (Å²) in [6.07, 6.45) is 0. The molecule has 0 unspecified atom stereocenters. The molecule has 0 aliphatic rings. The molecule has 0 spiro atoms. The zero-order valence-corrected chi connectivity index (χ0v) is 23.6. The number of nitrogens with zero attached hydrogens (tertiary/aromatic N) is 2. The number of sulfonamides is 1. The van der Waals surface area contributed by atoms with Gasteiger partial charge in [0.1, 0.15) is 24.2 Å². The first-order valence-corrected chi connectivity index (χ1v) is 14.1. The first-order chi connectivity index (χ1) is 18.1. The SMILES string of the molecule is CCOc1ccc(S(=O)(=O)N(CC(=O)N(Cc2ccc(Br)cc2)[C@@H](C)C(=O)NC)c2ccc(F)cc2)cc1. The van der Waals surface area contributed by atoms with Gasteiger partial charge in [0.2, 0.25) is 11.8 Å². The van der Waals surface area contributed by atoms with E-state index in [4.69, 9.17) is 4.74 Å². The van der Waals surface area contributed by atoms with Crippen molar-refractivity contribution in [3.8, 4) is 5.75 Å². The minimum atomic E-state index is -4.26. The normalized spacial score (nSPS) is 11.9. The van der Waals surface area contributed by atoms with Crippen molar-refractivity contribution >= 4 is 43.5 Å². The highest BCUT2D eigenvalue weighted by atomic mass is 79.9. The van der Waals surface area contributed by atoms with Gasteiger partial charge in [-0.2, -0.15) is 0 Å². The van der Waals surface area contributed by atoms with Gasteiger partial charge < -0.3 is 15.0 Å². The van der Waals surface area contributed by atoms with Gasteiger partial charge in [-0.3, -0.25) is 13.9 Å². The number of ether oxygens (including phenoxy) is 1. The average Bonchev–Trinajstić information content (AvgIpc) is 2.91. The number of anilines is 1. The molecule has 0 aliphatic heterocycles. The largest absolute Gasteiger partial charge is 0.494 e. The van der Waals surface area contributed by atoms with Crippen LogP contribution in [0, 0.1) is 5.82 Å². The predicted molar refractivity (Wildman–Crippen MR) is 147 cm³/mol. The van der Waals surface area contributed by atoms with Crippen molar-refractivity contribution in [1.82, 2.24) is 10.2 Å². The Balaban J connectivity index is 2.00. The number of likely N-dealkylation sites (N-methyl/N-ethyl adjacent to an activating group) is 1. The highest BCUT2D eigenvalue weighted by molar-refractivity contribution is 9.10. The van der Waals surface area contributed by atoms with Crippen LogP contribution in [0.3, 0.4) is 0 Å². The lowest BCUT2D eigenvalue weighted by Gasteiger charge is -2.31. The van der Waals surface area contributed by atoms with E-state index in [0.29, 0.717) is 12.4 Å². The van der Waals surface area contributed by atoms with Crippen LogP contribution in [0.25, 0.3) is 0 Å². The smallest absolute Gasteiger partial charge is 0.264 e. The third-order valence-electron chi connectivity index (χ3n) is 5.80. The zero-order valence-electron chi connectivity index (χ0n) is 21.2. The second kappa shape index (κ2) is 12.9. The maximum atomic E-state index is 13.7. The van der Waals surface area contributed by atoms with Crippen LogP contribution in [0.4, 0.5) is 10.1 Å². The van der Waals surface area contributed by atoms with Gasteiger partial charge in [0.15, 0.2) is 0 Å². The highest BCUT2D eigenvalue weighted by Gasteiger charge is 2.32. The molecule has 3 aromatic rings. The van der Waals surface area contributed by atoms with E-state index in [1.165, 1.54) is 48.3 Å². The van der Waals surface area contributed by atoms with Crippen molar-refractivity contribution in [2.45, 2.75) is 31.3 Å². The Morgan fingerprint density at radius 3 is 2.16 bits per heavy atom. The molecule has 0 aliphatic carbocycles. The molecule has 1 N–H and O–H groups in total. The molecule has 0 saturated heterocycles. The Kier molecular flexibility index (Phi) is 9.87. The molecule has 2 amide bonds. The molecule has 0 fully saturated rings. The molecule has 3 rings (SSSR count). The Morgan fingerprint density at radius 1 is 1.00 bits per heavy atom. The van der Waals surface area contributed by atoms with E-state index in [9.17, 15) is 22.4 Å². The van der Waals surface area contributed by atoms with E-state index in [0.717, 1.165) is 26.5 Å². The summed E-state index contributed by atoms with van der Waals surface area (Å²) in [5.41, 5.74) is 0.852. The summed E-state index contributed by atoms with van der Waals surface area (Å²) in [5.74, 6) is -1.07. The van der Waals surface area contributed by atoms with Gasteiger partial charge in [-0.25, -0.2) is 12.8 Å². The molecule has 202 valence electrons. The minimum absolute atomic E-state index is 0.0705. The van der Waals surface area contributed by atoms with E-state index in [2.05, 4.69) is 21.2 Å². The lowest BCUT2D eigenvalue weighted by Crippen LogP contribution is -2.50. The summed E-state index contributed by atoms with van der Waals surface area (Å²) in [6, 6.07) is 17.0. The Hall–Kier alpha value is -3.44. The second-order valence-electron chi connectivity index (χ2n) is 8.33. The van der Waals surface area contributed by atoms with Crippen molar-refractivity contribution in [1.29, 1.82) is 0 Å². The van der Waals surface area contributed by atoms with Crippen LogP contribution < -0.4 is 14.4 Å². The molecule has 11 heteroatoms. The van der Waals surface area contributed by atoms with Crippen molar-refractivity contribution < 1.29 is 27.1 Å². The Labute approximate surface area is 230 Å². The van der Waals surface area contributed by atoms with Gasteiger partial charge in [-0.15, -0.1) is 0 Å². The van der Waals surface area contributed by atoms with Crippen LogP contribution in [-0.4, -0.2) is 51.4 Å². The van der Waals surface area contributed by atoms with E-state index in [-0.39, 0.29) is 17.1 Å². The van der Waals surface area contributed by atoms with Gasteiger partial charge in [0.05, 0.1) is 17.2 Å². The number of carbonyl (C=O) groups is 2. The summed E-state index contributed by atoms with van der Waals surface area (Å²) < 4.78 is 48.3. The van der Waals surface area contributed by atoms with Crippen LogP contribution in [0.2, 0.25) is 0 Å². The average molecular weight is 607 g/mol. The molecular weight excluding hydrogens is 577 g/mol. The number of rotatable bonds is 11. The van der Waals surface area contributed by atoms with Crippen molar-refractivity contribution in [3.05, 3.63) is 88.6 Å². The molecule has 0 bridgehead atoms. The Bertz CT molecular complexity index is 1350. The summed E-state index contributed by atoms with van der Waals surface area (Å²) in [4.78, 5) is 27.4.